The van der Waals surface area contributed by atoms with Crippen LogP contribution in [0.25, 0.3) is 0 Å². The van der Waals surface area contributed by atoms with E-state index in [1.54, 1.807) is 6.20 Å². The van der Waals surface area contributed by atoms with Crippen molar-refractivity contribution in [3.63, 3.8) is 0 Å². The van der Waals surface area contributed by atoms with Gasteiger partial charge in [-0.15, -0.1) is 0 Å². The molecular weight excluding hydrogens is 274 g/mol. The Morgan fingerprint density at radius 3 is 2.75 bits per heavy atom. The molecular formula is C14H21N3O2S. The number of rotatable bonds is 2. The lowest BCUT2D eigenvalue weighted by atomic mass is 10.1. The van der Waals surface area contributed by atoms with Gasteiger partial charge in [-0.05, 0) is 25.3 Å². The average Bonchev–Trinajstić information content (AvgIpc) is 2.58. The highest BCUT2D eigenvalue weighted by Crippen LogP contribution is 2.34. The Bertz CT molecular complexity index is 600. The van der Waals surface area contributed by atoms with Crippen molar-refractivity contribution in [1.82, 2.24) is 9.97 Å². The molecule has 110 valence electrons. The molecule has 2 fully saturated rings. The van der Waals surface area contributed by atoms with Crippen LogP contribution in [0.1, 0.15) is 44.9 Å². The number of anilines is 1. The fourth-order valence-corrected chi connectivity index (χ4v) is 5.43. The van der Waals surface area contributed by atoms with Crippen LogP contribution in [-0.4, -0.2) is 42.0 Å². The lowest BCUT2D eigenvalue weighted by Crippen LogP contribution is -2.33. The third-order valence-electron chi connectivity index (χ3n) is 4.38. The Balaban J connectivity index is 1.87. The molecule has 1 aromatic heterocycles. The second kappa shape index (κ2) is 4.98. The number of nitrogens with zero attached hydrogens (tertiary/aromatic N) is 3. The second-order valence-corrected chi connectivity index (χ2v) is 8.58. The molecule has 2 atom stereocenters. The van der Waals surface area contributed by atoms with Crippen LogP contribution < -0.4 is 4.90 Å². The molecule has 0 spiro atoms. The first-order valence-electron chi connectivity index (χ1n) is 7.29. The summed E-state index contributed by atoms with van der Waals surface area (Å²) in [5, 5.41) is -0.351. The van der Waals surface area contributed by atoms with Gasteiger partial charge in [0.25, 0.3) is 0 Å². The van der Waals surface area contributed by atoms with Gasteiger partial charge in [0, 0.05) is 25.2 Å². The molecule has 0 saturated carbocycles. The Morgan fingerprint density at radius 2 is 2.00 bits per heavy atom. The van der Waals surface area contributed by atoms with Crippen LogP contribution in [0.4, 0.5) is 5.82 Å². The molecule has 5 nitrogen and oxygen atoms in total. The van der Waals surface area contributed by atoms with E-state index in [-0.39, 0.29) is 16.4 Å². The van der Waals surface area contributed by atoms with Gasteiger partial charge in [-0.25, -0.2) is 18.4 Å². The standard InChI is InChI=1S/C14H21N3O2S/c1-10(2)14-15-7-5-13(16-14)17-8-6-11-3-4-12(9-17)20(11,18)19/h5,7,10-12H,3-4,6,8-9H2,1-2H3. The van der Waals surface area contributed by atoms with Gasteiger partial charge >= 0.3 is 0 Å². The van der Waals surface area contributed by atoms with Crippen LogP contribution in [0.2, 0.25) is 0 Å². The van der Waals surface area contributed by atoms with Crippen molar-refractivity contribution in [2.75, 3.05) is 18.0 Å². The Labute approximate surface area is 120 Å². The Kier molecular flexibility index (Phi) is 3.44. The van der Waals surface area contributed by atoms with Crippen molar-refractivity contribution in [2.45, 2.75) is 49.5 Å². The fourth-order valence-electron chi connectivity index (χ4n) is 3.14. The van der Waals surface area contributed by atoms with E-state index in [2.05, 4.69) is 28.7 Å². The molecule has 6 heteroatoms. The zero-order chi connectivity index (χ0) is 14.3. The number of fused-ring (bicyclic) bond motifs is 2. The van der Waals surface area contributed by atoms with Gasteiger partial charge in [0.05, 0.1) is 10.5 Å². The minimum absolute atomic E-state index is 0.135. The lowest BCUT2D eigenvalue weighted by molar-refractivity contribution is 0.583. The molecule has 20 heavy (non-hydrogen) atoms. The summed E-state index contributed by atoms with van der Waals surface area (Å²) in [6.45, 7) is 5.48. The van der Waals surface area contributed by atoms with E-state index in [1.165, 1.54) is 0 Å². The smallest absolute Gasteiger partial charge is 0.157 e. The van der Waals surface area contributed by atoms with Crippen LogP contribution >= 0.6 is 0 Å². The summed E-state index contributed by atoms with van der Waals surface area (Å²) < 4.78 is 24.6. The van der Waals surface area contributed by atoms with Crippen LogP contribution in [0.5, 0.6) is 0 Å². The first kappa shape index (κ1) is 13.8. The summed E-state index contributed by atoms with van der Waals surface area (Å²) in [5.41, 5.74) is 0. The average molecular weight is 295 g/mol. The third-order valence-corrected chi connectivity index (χ3v) is 7.10. The molecule has 1 aromatic rings. The molecule has 2 unspecified atom stereocenters. The van der Waals surface area contributed by atoms with Gasteiger partial charge < -0.3 is 4.90 Å². The van der Waals surface area contributed by atoms with E-state index in [0.717, 1.165) is 37.4 Å². The van der Waals surface area contributed by atoms with Gasteiger partial charge in [0.2, 0.25) is 0 Å². The number of hydrogen-bond donors (Lipinski definition) is 0. The first-order valence-corrected chi connectivity index (χ1v) is 8.90. The number of hydrogen-bond acceptors (Lipinski definition) is 5. The normalized spacial score (nSPS) is 28.6. The van der Waals surface area contributed by atoms with E-state index in [0.29, 0.717) is 6.54 Å². The van der Waals surface area contributed by atoms with E-state index in [9.17, 15) is 8.42 Å². The molecule has 0 N–H and O–H groups in total. The molecule has 0 amide bonds. The van der Waals surface area contributed by atoms with E-state index >= 15 is 0 Å². The maximum Gasteiger partial charge on any atom is 0.157 e. The van der Waals surface area contributed by atoms with Crippen molar-refractivity contribution in [3.05, 3.63) is 18.1 Å². The van der Waals surface area contributed by atoms with Crippen LogP contribution in [0, 0.1) is 0 Å². The molecule has 2 bridgehead atoms. The van der Waals surface area contributed by atoms with E-state index < -0.39 is 9.84 Å². The lowest BCUT2D eigenvalue weighted by Gasteiger charge is -2.25. The molecule has 3 heterocycles. The summed E-state index contributed by atoms with van der Waals surface area (Å²) in [5.74, 6) is 1.97. The Hall–Kier alpha value is -1.17. The summed E-state index contributed by atoms with van der Waals surface area (Å²) in [7, 11) is -2.92. The van der Waals surface area contributed by atoms with E-state index in [4.69, 9.17) is 0 Å². The van der Waals surface area contributed by atoms with Crippen molar-refractivity contribution in [1.29, 1.82) is 0 Å². The largest absolute Gasteiger partial charge is 0.355 e. The first-order chi connectivity index (χ1) is 9.48. The topological polar surface area (TPSA) is 63.2 Å². The number of sulfone groups is 1. The van der Waals surface area contributed by atoms with Gasteiger partial charge in [-0.1, -0.05) is 13.8 Å². The SMILES string of the molecule is CC(C)c1nccc(N2CCC3CCC(C2)S3(=O)=O)n1. The van der Waals surface area contributed by atoms with E-state index in [1.807, 2.05) is 6.07 Å². The van der Waals surface area contributed by atoms with Gasteiger partial charge in [0.1, 0.15) is 11.6 Å². The Morgan fingerprint density at radius 1 is 1.25 bits per heavy atom. The van der Waals surface area contributed by atoms with Crippen molar-refractivity contribution < 1.29 is 8.42 Å². The fraction of sp³-hybridized carbons (Fsp3) is 0.714. The molecule has 0 aliphatic carbocycles. The molecule has 2 aliphatic rings. The zero-order valence-corrected chi connectivity index (χ0v) is 12.8. The van der Waals surface area contributed by atoms with Gasteiger partial charge in [0.15, 0.2) is 9.84 Å². The third kappa shape index (κ3) is 2.30. The van der Waals surface area contributed by atoms with Gasteiger partial charge in [-0.3, -0.25) is 0 Å². The van der Waals surface area contributed by atoms with Crippen molar-refractivity contribution in [2.24, 2.45) is 0 Å². The molecule has 3 rings (SSSR count). The quantitative estimate of drug-likeness (QED) is 0.832. The minimum Gasteiger partial charge on any atom is -0.355 e. The summed E-state index contributed by atoms with van der Waals surface area (Å²) in [4.78, 5) is 11.0. The van der Waals surface area contributed by atoms with Crippen LogP contribution in [0.15, 0.2) is 12.3 Å². The maximum absolute atomic E-state index is 12.3. The summed E-state index contributed by atoms with van der Waals surface area (Å²) >= 11 is 0. The summed E-state index contributed by atoms with van der Waals surface area (Å²) in [6, 6.07) is 1.89. The predicted molar refractivity (Wildman–Crippen MR) is 78.7 cm³/mol. The zero-order valence-electron chi connectivity index (χ0n) is 12.0. The van der Waals surface area contributed by atoms with Crippen LogP contribution in [0.3, 0.4) is 0 Å². The van der Waals surface area contributed by atoms with Crippen molar-refractivity contribution in [3.8, 4) is 0 Å². The van der Waals surface area contributed by atoms with Gasteiger partial charge in [-0.2, -0.15) is 0 Å². The predicted octanol–water partition coefficient (Wildman–Crippen LogP) is 1.76. The minimum atomic E-state index is -2.92. The van der Waals surface area contributed by atoms with Crippen molar-refractivity contribution >= 4 is 15.7 Å². The maximum atomic E-state index is 12.3. The van der Waals surface area contributed by atoms with Crippen LogP contribution in [-0.2, 0) is 9.84 Å². The molecule has 0 radical (unpaired) electrons. The summed E-state index contributed by atoms with van der Waals surface area (Å²) in [6.07, 6.45) is 4.13. The second-order valence-electron chi connectivity index (χ2n) is 6.07. The highest BCUT2D eigenvalue weighted by Gasteiger charge is 2.43. The highest BCUT2D eigenvalue weighted by molar-refractivity contribution is 7.93. The molecule has 2 aliphatic heterocycles. The highest BCUT2D eigenvalue weighted by atomic mass is 32.2. The monoisotopic (exact) mass is 295 g/mol. The molecule has 0 aromatic carbocycles. The molecule has 2 saturated heterocycles. The number of aromatic nitrogens is 2.